The van der Waals surface area contributed by atoms with Crippen LogP contribution in [0.15, 0.2) is 95.3 Å². The van der Waals surface area contributed by atoms with E-state index in [4.69, 9.17) is 0 Å². The quantitative estimate of drug-likeness (QED) is 0.167. The first kappa shape index (κ1) is 36.4. The van der Waals surface area contributed by atoms with Gasteiger partial charge in [0.15, 0.2) is 5.57 Å². The molecule has 5 heteroatoms. The summed E-state index contributed by atoms with van der Waals surface area (Å²) in [6.07, 6.45) is 6.89. The second-order valence-electron chi connectivity index (χ2n) is 14.6. The lowest BCUT2D eigenvalue weighted by atomic mass is 9.77. The first-order valence-electron chi connectivity index (χ1n) is 15.8. The Morgan fingerprint density at radius 1 is 0.702 bits per heavy atom. The van der Waals surface area contributed by atoms with Gasteiger partial charge in [-0.1, -0.05) is 64.8 Å². The largest absolute Gasteiger partial charge is 0.153 e. The van der Waals surface area contributed by atoms with E-state index in [1.54, 1.807) is 11.3 Å². The maximum Gasteiger partial charge on any atom is 0.153 e. The van der Waals surface area contributed by atoms with E-state index in [1.807, 2.05) is 0 Å². The predicted molar refractivity (Wildman–Crippen MR) is 218 cm³/mol. The number of aryl methyl sites for hydroxylation is 2. The van der Waals surface area contributed by atoms with Crippen LogP contribution in [0.25, 0.3) is 11.8 Å². The van der Waals surface area contributed by atoms with Gasteiger partial charge in [0.2, 0.25) is 0 Å². The van der Waals surface area contributed by atoms with Gasteiger partial charge in [-0.15, -0.1) is 11.3 Å². The molecule has 1 aliphatic carbocycles. The summed E-state index contributed by atoms with van der Waals surface area (Å²) in [5.41, 5.74) is 12.9. The van der Waals surface area contributed by atoms with Crippen molar-refractivity contribution in [3.8, 4) is 0 Å². The Balaban J connectivity index is 1.63. The first-order valence-corrected chi connectivity index (χ1v) is 19.8. The van der Waals surface area contributed by atoms with Gasteiger partial charge >= 0.3 is 0 Å². The molecular weight excluding hydrogens is 856 g/mol. The SMILES string of the molecule is CC1=CC(C(C)(C)C)=C[C+](C)C1=C=c1c(Br)cc(=c2ccc(=c3cc(Br)c(=Cc4c(C)cc(C(C)(C)C)cc4C)c(Br)c3)s2)cc1Br. The summed E-state index contributed by atoms with van der Waals surface area (Å²) in [4.78, 5) is 0. The fourth-order valence-corrected chi connectivity index (χ4v) is 9.63. The van der Waals surface area contributed by atoms with Gasteiger partial charge in [0.05, 0.1) is 16.7 Å². The van der Waals surface area contributed by atoms with Crippen LogP contribution in [0.5, 0.6) is 0 Å². The van der Waals surface area contributed by atoms with E-state index in [9.17, 15) is 0 Å². The van der Waals surface area contributed by atoms with E-state index in [-0.39, 0.29) is 10.8 Å². The highest BCUT2D eigenvalue weighted by molar-refractivity contribution is 9.11. The zero-order valence-corrected chi connectivity index (χ0v) is 35.9. The highest BCUT2D eigenvalue weighted by atomic mass is 79.9. The maximum absolute atomic E-state index is 3.90. The summed E-state index contributed by atoms with van der Waals surface area (Å²) in [6.45, 7) is 22.4. The van der Waals surface area contributed by atoms with Crippen LogP contribution in [-0.2, 0) is 5.41 Å². The van der Waals surface area contributed by atoms with Crippen molar-refractivity contribution in [3.63, 3.8) is 0 Å². The molecule has 1 aromatic heterocycles. The number of hydrogen-bond acceptors (Lipinski definition) is 1. The molecule has 0 atom stereocenters. The van der Waals surface area contributed by atoms with Gasteiger partial charge in [-0.3, -0.25) is 0 Å². The van der Waals surface area contributed by atoms with Crippen molar-refractivity contribution in [2.24, 2.45) is 5.41 Å². The van der Waals surface area contributed by atoms with Crippen LogP contribution in [0.4, 0.5) is 0 Å². The molecule has 0 saturated heterocycles. The maximum atomic E-state index is 3.90. The molecule has 0 nitrogen and oxygen atoms in total. The van der Waals surface area contributed by atoms with Crippen LogP contribution in [0, 0.1) is 44.7 Å². The van der Waals surface area contributed by atoms with E-state index in [0.717, 1.165) is 39.1 Å². The average molecular weight is 897 g/mol. The van der Waals surface area contributed by atoms with Crippen molar-refractivity contribution in [1.29, 1.82) is 0 Å². The minimum Gasteiger partial charge on any atom is -0.135 e. The number of benzene rings is 3. The molecule has 47 heavy (non-hydrogen) atoms. The molecule has 0 saturated carbocycles. The van der Waals surface area contributed by atoms with Crippen LogP contribution >= 0.6 is 75.1 Å². The normalized spacial score (nSPS) is 13.8. The van der Waals surface area contributed by atoms with Crippen LogP contribution in [0.2, 0.25) is 0 Å². The van der Waals surface area contributed by atoms with E-state index < -0.39 is 0 Å². The third-order valence-electron chi connectivity index (χ3n) is 8.69. The zero-order valence-electron chi connectivity index (χ0n) is 28.8. The zero-order chi connectivity index (χ0) is 34.6. The molecule has 3 aromatic carbocycles. The Kier molecular flexibility index (Phi) is 10.7. The Hall–Kier alpha value is -1.85. The number of thiophene rings is 1. The molecule has 0 unspecified atom stereocenters. The third-order valence-corrected chi connectivity index (χ3v) is 12.4. The number of rotatable bonds is 1. The van der Waals surface area contributed by atoms with Gasteiger partial charge in [0.1, 0.15) is 0 Å². The third kappa shape index (κ3) is 7.98. The van der Waals surface area contributed by atoms with E-state index in [2.05, 4.69) is 205 Å². The van der Waals surface area contributed by atoms with Crippen LogP contribution in [0.3, 0.4) is 0 Å². The summed E-state index contributed by atoms with van der Waals surface area (Å²) in [7, 11) is 0. The molecule has 4 aromatic rings. The highest BCUT2D eigenvalue weighted by Crippen LogP contribution is 2.37. The lowest BCUT2D eigenvalue weighted by molar-refractivity contribution is 0.514. The van der Waals surface area contributed by atoms with E-state index in [0.29, 0.717) is 0 Å². The molecule has 5 rings (SSSR count). The molecule has 0 N–H and O–H groups in total. The van der Waals surface area contributed by atoms with Gasteiger partial charge in [-0.2, -0.15) is 0 Å². The number of halogens is 4. The van der Waals surface area contributed by atoms with Crippen molar-refractivity contribution in [2.75, 3.05) is 0 Å². The Morgan fingerprint density at radius 3 is 1.64 bits per heavy atom. The Morgan fingerprint density at radius 2 is 1.19 bits per heavy atom. The van der Waals surface area contributed by atoms with E-state index in [1.165, 1.54) is 53.6 Å². The standard InChI is InChI=1S/C42H41Br4S/c1-23-13-29(41(5,6)7)14-24(2)31(23)21-33-35(43)17-27(18-36(33)44)39-11-12-40(47-39)28-19-37(45)34(38(46)20-28)22-32-25(3)15-30(16-26(32)4)42(8,9)10/h11-21H,1-10H3/q+1. The lowest BCUT2D eigenvalue weighted by Gasteiger charge is -2.21. The predicted octanol–water partition coefficient (Wildman–Crippen LogP) is 12.9. The van der Waals surface area contributed by atoms with Crippen molar-refractivity contribution < 1.29 is 0 Å². The monoisotopic (exact) mass is 893 g/mol. The lowest BCUT2D eigenvalue weighted by Crippen LogP contribution is -2.14. The molecule has 0 radical (unpaired) electrons. The molecule has 0 fully saturated rings. The summed E-state index contributed by atoms with van der Waals surface area (Å²) in [6, 6.07) is 18.0. The van der Waals surface area contributed by atoms with Gasteiger partial charge in [0, 0.05) is 61.0 Å². The number of allylic oxidation sites excluding steroid dienone is 5. The molecule has 1 aliphatic rings. The topological polar surface area (TPSA) is 0 Å². The first-order chi connectivity index (χ1) is 21.8. The van der Waals surface area contributed by atoms with Gasteiger partial charge in [-0.05, 0) is 161 Å². The fourth-order valence-electron chi connectivity index (χ4n) is 5.85. The minimum absolute atomic E-state index is 0.111. The summed E-state index contributed by atoms with van der Waals surface area (Å²) < 4.78 is 6.59. The van der Waals surface area contributed by atoms with E-state index >= 15 is 0 Å². The molecule has 1 heterocycles. The molecule has 0 amide bonds. The van der Waals surface area contributed by atoms with Crippen LogP contribution in [-0.4, -0.2) is 0 Å². The summed E-state index contributed by atoms with van der Waals surface area (Å²) >= 11 is 17.3. The average Bonchev–Trinajstić information content (AvgIpc) is 3.44. The van der Waals surface area contributed by atoms with Crippen molar-refractivity contribution in [1.82, 2.24) is 0 Å². The van der Waals surface area contributed by atoms with Crippen LogP contribution in [0.1, 0.15) is 77.6 Å². The van der Waals surface area contributed by atoms with Crippen molar-refractivity contribution >= 4 is 86.9 Å². The summed E-state index contributed by atoms with van der Waals surface area (Å²) in [5.74, 6) is 1.24. The van der Waals surface area contributed by atoms with Crippen molar-refractivity contribution in [3.05, 3.63) is 153 Å². The van der Waals surface area contributed by atoms with Crippen LogP contribution < -0.4 is 10.4 Å². The smallest absolute Gasteiger partial charge is 0.135 e. The molecule has 0 aliphatic heterocycles. The highest BCUT2D eigenvalue weighted by Gasteiger charge is 2.29. The van der Waals surface area contributed by atoms with Crippen molar-refractivity contribution in [2.45, 2.75) is 74.7 Å². The second kappa shape index (κ2) is 13.8. The minimum atomic E-state index is 0.111. The molecule has 242 valence electrons. The Labute approximate surface area is 317 Å². The fraction of sp³-hybridized carbons (Fsp3) is 0.286. The van der Waals surface area contributed by atoms with Gasteiger partial charge < -0.3 is 0 Å². The number of hydrogen-bond donors (Lipinski definition) is 0. The molecular formula is C42H41Br4S+. The molecule has 0 bridgehead atoms. The Bertz CT molecular complexity index is 2250. The summed E-state index contributed by atoms with van der Waals surface area (Å²) in [5, 5.41) is 4.51. The van der Waals surface area contributed by atoms with Gasteiger partial charge in [-0.25, -0.2) is 0 Å². The van der Waals surface area contributed by atoms with Gasteiger partial charge in [0.25, 0.3) is 0 Å². The second-order valence-corrected chi connectivity index (χ2v) is 19.1. The molecule has 0 spiro atoms.